The molecule has 2 aromatic rings. The number of benzene rings is 1. The predicted molar refractivity (Wildman–Crippen MR) is 206 cm³/mol. The van der Waals surface area contributed by atoms with Gasteiger partial charge >= 0.3 is 0 Å². The summed E-state index contributed by atoms with van der Waals surface area (Å²) in [5, 5.41) is 57.9. The molecule has 0 radical (unpaired) electrons. The maximum Gasteiger partial charge on any atom is 0.220 e. The Bertz CT molecular complexity index is 2260. The van der Waals surface area contributed by atoms with E-state index in [1.807, 2.05) is 23.3 Å². The van der Waals surface area contributed by atoms with Gasteiger partial charge in [-0.1, -0.05) is 12.2 Å². The van der Waals surface area contributed by atoms with Gasteiger partial charge in [0.15, 0.2) is 16.8 Å². The number of nitrogens with one attached hydrogen (secondary N) is 1. The van der Waals surface area contributed by atoms with Crippen molar-refractivity contribution >= 4 is 34.0 Å². The summed E-state index contributed by atoms with van der Waals surface area (Å²) in [6.07, 6.45) is 11.6. The van der Waals surface area contributed by atoms with E-state index in [9.17, 15) is 35.1 Å². The second-order valence-corrected chi connectivity index (χ2v) is 16.0. The molecule has 1 unspecified atom stereocenters. The Balaban J connectivity index is 1.05. The van der Waals surface area contributed by atoms with E-state index in [0.29, 0.717) is 71.8 Å². The average Bonchev–Trinajstić information content (AvgIpc) is 4.04. The van der Waals surface area contributed by atoms with Gasteiger partial charge in [0, 0.05) is 67.8 Å². The number of anilines is 1. The predicted octanol–water partition coefficient (Wildman–Crippen LogP) is 0.839. The molecule has 300 valence electrons. The van der Waals surface area contributed by atoms with Crippen LogP contribution in [-0.2, 0) is 21.0 Å². The molecule has 7 aliphatic rings. The number of amides is 1. The van der Waals surface area contributed by atoms with Gasteiger partial charge in [-0.3, -0.25) is 19.6 Å². The third kappa shape index (κ3) is 6.54. The summed E-state index contributed by atoms with van der Waals surface area (Å²) < 4.78 is 13.5. The van der Waals surface area contributed by atoms with E-state index in [0.717, 1.165) is 11.3 Å². The summed E-state index contributed by atoms with van der Waals surface area (Å²) in [6, 6.07) is 2.85. The van der Waals surface area contributed by atoms with E-state index < -0.39 is 48.8 Å². The number of β-amino-alcohol motifs (C(OH)–C–C–N with tert-alkyl or cyclic N) is 1. The van der Waals surface area contributed by atoms with Crippen molar-refractivity contribution < 1.29 is 49.3 Å². The first-order chi connectivity index (χ1) is 27.5. The number of rotatable bonds is 12. The van der Waals surface area contributed by atoms with E-state index >= 15 is 0 Å². The van der Waals surface area contributed by atoms with Crippen molar-refractivity contribution in [3.8, 4) is 5.75 Å². The highest BCUT2D eigenvalue weighted by molar-refractivity contribution is 6.12. The lowest BCUT2D eigenvalue weighted by Gasteiger charge is -2.48. The number of nitrogens with zero attached hydrogens (tertiary/aromatic N) is 4. The summed E-state index contributed by atoms with van der Waals surface area (Å²) in [7, 11) is 0. The highest BCUT2D eigenvalue weighted by Gasteiger charge is 2.53. The Kier molecular flexibility index (Phi) is 9.55. The molecule has 1 aromatic heterocycles. The largest absolute Gasteiger partial charge is 0.481 e. The third-order valence-corrected chi connectivity index (χ3v) is 12.3. The molecule has 1 fully saturated rings. The molecule has 0 saturated carbocycles. The topological polar surface area (TPSA) is 219 Å². The first-order valence-electron chi connectivity index (χ1n) is 19.2. The lowest BCUT2D eigenvalue weighted by molar-refractivity contribution is -0.367. The molecule has 1 amide bonds. The van der Waals surface area contributed by atoms with Crippen LogP contribution in [0.2, 0.25) is 0 Å². The summed E-state index contributed by atoms with van der Waals surface area (Å²) >= 11 is 0. The first-order valence-corrected chi connectivity index (χ1v) is 19.2. The molecule has 0 bridgehead atoms. The number of carbonyl (C=O) groups excluding carboxylic acids is 1. The molecule has 1 spiro atoms. The lowest BCUT2D eigenvalue weighted by Crippen LogP contribution is -2.64. The second kappa shape index (κ2) is 14.5. The quantitative estimate of drug-likeness (QED) is 0.100. The van der Waals surface area contributed by atoms with Gasteiger partial charge < -0.3 is 49.8 Å². The molecule has 1 aromatic carbocycles. The van der Waals surface area contributed by atoms with Gasteiger partial charge in [0.1, 0.15) is 53.7 Å². The van der Waals surface area contributed by atoms with Crippen molar-refractivity contribution in [2.75, 3.05) is 37.7 Å². The maximum absolute atomic E-state index is 13.5. The zero-order chi connectivity index (χ0) is 39.6. The van der Waals surface area contributed by atoms with Gasteiger partial charge in [-0.25, -0.2) is 9.78 Å². The number of hydrogen-bond donors (Lipinski definition) is 6. The fraction of sp³-hybridized carbons (Fsp3) is 0.463. The smallest absolute Gasteiger partial charge is 0.220 e. The number of aliphatic hydroxyl groups excluding tert-OH is 4. The molecule has 16 nitrogen and oxygen atoms in total. The minimum absolute atomic E-state index is 0.0119. The van der Waals surface area contributed by atoms with Crippen molar-refractivity contribution in [2.45, 2.75) is 74.3 Å². The summed E-state index contributed by atoms with van der Waals surface area (Å²) in [4.78, 5) is 50.2. The number of ether oxygens (including phenoxy) is 1. The Hall–Kier alpha value is -4.94. The third-order valence-electron chi connectivity index (χ3n) is 12.3. The van der Waals surface area contributed by atoms with Crippen molar-refractivity contribution in [3.05, 3.63) is 94.4 Å². The van der Waals surface area contributed by atoms with Crippen LogP contribution >= 0.6 is 0 Å². The van der Waals surface area contributed by atoms with Crippen LogP contribution in [0.5, 0.6) is 5.75 Å². The SMILES string of the molecule is Cc1cc(=O)c2cc3c(c(N4C=C5C=CN=C5C4)c2o1)O[C@]1(CC=C[C@@H]([C@H]2CNC(=O)C2)C1)[C@H](OOC[C@H](O)[C@](O)(CN1C=CC2=NC=CC21)[C@H](O)[C@H](O)CO)C3. The van der Waals surface area contributed by atoms with E-state index in [1.165, 1.54) is 6.07 Å². The zero-order valence-corrected chi connectivity index (χ0v) is 31.2. The molecule has 9 atom stereocenters. The van der Waals surface area contributed by atoms with Crippen LogP contribution in [0.4, 0.5) is 5.69 Å². The fourth-order valence-electron chi connectivity index (χ4n) is 9.14. The van der Waals surface area contributed by atoms with Crippen molar-refractivity contribution in [1.82, 2.24) is 10.2 Å². The standard InChI is InChI=1S/C41H45N5O11/c1-22-11-31(48)27-12-25-13-34(57-54-20-33(50)41(53,39(52)32(49)19-47)21-45-10-6-28-30(45)5-9-42-28)40(7-2-3-23(15-40)26-14-35(51)44-16-26)56-37(25)36(38(27)55-22)46-17-24-4-8-43-29(24)18-46/h2-6,8-12,17,23,26,30,32-34,39,47,49-50,52-53H,7,13-16,18-21H2,1H3,(H,44,51)/t23-,26-,30?,32-,33+,34-,39-,40+,41-/m1/s1. The number of carbonyl (C=O) groups is 1. The Morgan fingerprint density at radius 2 is 1.98 bits per heavy atom. The lowest BCUT2D eigenvalue weighted by atomic mass is 9.71. The number of aliphatic imine (C=N–C) groups is 2. The Morgan fingerprint density at radius 3 is 2.77 bits per heavy atom. The van der Waals surface area contributed by atoms with Crippen LogP contribution in [-0.4, -0.2) is 122 Å². The average molecular weight is 784 g/mol. The maximum atomic E-state index is 13.5. The highest BCUT2D eigenvalue weighted by Crippen LogP contribution is 2.51. The molecule has 6 aliphatic heterocycles. The van der Waals surface area contributed by atoms with Gasteiger partial charge in [-0.15, -0.1) is 0 Å². The van der Waals surface area contributed by atoms with E-state index in [2.05, 4.69) is 21.4 Å². The molecular weight excluding hydrogens is 738 g/mol. The second-order valence-electron chi connectivity index (χ2n) is 16.0. The fourth-order valence-corrected chi connectivity index (χ4v) is 9.14. The van der Waals surface area contributed by atoms with Crippen LogP contribution in [0.3, 0.4) is 0 Å². The zero-order valence-electron chi connectivity index (χ0n) is 31.2. The summed E-state index contributed by atoms with van der Waals surface area (Å²) in [6.45, 7) is 0.807. The molecule has 16 heteroatoms. The molecule has 9 rings (SSSR count). The summed E-state index contributed by atoms with van der Waals surface area (Å²) in [5.74, 6) is 0.888. The van der Waals surface area contributed by atoms with E-state index in [1.54, 1.807) is 48.6 Å². The van der Waals surface area contributed by atoms with E-state index in [4.69, 9.17) is 18.9 Å². The minimum atomic E-state index is -2.41. The monoisotopic (exact) mass is 783 g/mol. The van der Waals surface area contributed by atoms with Gasteiger partial charge in [-0.2, -0.15) is 0 Å². The number of hydrogen-bond acceptors (Lipinski definition) is 15. The van der Waals surface area contributed by atoms with Gasteiger partial charge in [0.05, 0.1) is 42.5 Å². The van der Waals surface area contributed by atoms with Crippen LogP contribution in [0, 0.1) is 18.8 Å². The van der Waals surface area contributed by atoms with Gasteiger partial charge in [-0.05, 0) is 49.5 Å². The van der Waals surface area contributed by atoms with Crippen LogP contribution < -0.4 is 20.4 Å². The van der Waals surface area contributed by atoms with Crippen molar-refractivity contribution in [2.24, 2.45) is 21.8 Å². The normalized spacial score (nSPS) is 29.5. The van der Waals surface area contributed by atoms with Crippen LogP contribution in [0.15, 0.2) is 92.1 Å². The van der Waals surface area contributed by atoms with Crippen molar-refractivity contribution in [1.29, 1.82) is 0 Å². The molecular formula is C41H45N5O11. The molecule has 1 aliphatic carbocycles. The number of aryl methyl sites for hydroxylation is 1. The number of allylic oxidation sites excluding steroid dienone is 2. The number of fused-ring (bicyclic) bond motifs is 4. The van der Waals surface area contributed by atoms with Crippen LogP contribution in [0.1, 0.15) is 30.6 Å². The Morgan fingerprint density at radius 1 is 1.12 bits per heavy atom. The minimum Gasteiger partial charge on any atom is -0.481 e. The highest BCUT2D eigenvalue weighted by atomic mass is 17.2. The molecule has 6 N–H and O–H groups in total. The first kappa shape index (κ1) is 37.6. The molecule has 1 saturated heterocycles. The molecule has 57 heavy (non-hydrogen) atoms. The molecule has 7 heterocycles. The van der Waals surface area contributed by atoms with Gasteiger partial charge in [0.25, 0.3) is 0 Å². The van der Waals surface area contributed by atoms with Gasteiger partial charge in [0.2, 0.25) is 5.91 Å². The summed E-state index contributed by atoms with van der Waals surface area (Å²) in [5.41, 5.74) is 0.459. The Labute approximate surface area is 327 Å². The van der Waals surface area contributed by atoms with Crippen LogP contribution in [0.25, 0.3) is 11.0 Å². The number of aliphatic hydroxyl groups is 5. The van der Waals surface area contributed by atoms with Crippen molar-refractivity contribution in [3.63, 3.8) is 0 Å². The van der Waals surface area contributed by atoms with E-state index in [-0.39, 0.29) is 42.2 Å².